The van der Waals surface area contributed by atoms with Crippen LogP contribution in [0.5, 0.6) is 0 Å². The highest BCUT2D eigenvalue weighted by atomic mass is 16.2. The van der Waals surface area contributed by atoms with Crippen molar-refractivity contribution in [1.29, 1.82) is 0 Å². The van der Waals surface area contributed by atoms with Gasteiger partial charge in [0.25, 0.3) is 0 Å². The smallest absolute Gasteiger partial charge is 0.323 e. The van der Waals surface area contributed by atoms with E-state index in [1.54, 1.807) is 4.90 Å². The summed E-state index contributed by atoms with van der Waals surface area (Å²) in [5.41, 5.74) is 1.06. The second-order valence-electron chi connectivity index (χ2n) is 5.78. The summed E-state index contributed by atoms with van der Waals surface area (Å²) in [6, 6.07) is 5.66. The lowest BCUT2D eigenvalue weighted by molar-refractivity contribution is -0.119. The third-order valence-electron chi connectivity index (χ3n) is 3.88. The van der Waals surface area contributed by atoms with Crippen molar-refractivity contribution >= 4 is 17.8 Å². The van der Waals surface area contributed by atoms with Crippen LogP contribution in [0, 0.1) is 0 Å². The zero-order valence-electron chi connectivity index (χ0n) is 12.1. The summed E-state index contributed by atoms with van der Waals surface area (Å²) >= 11 is 0. The minimum Gasteiger partial charge on any atom is -0.352 e. The number of rotatable bonds is 3. The van der Waals surface area contributed by atoms with Gasteiger partial charge in [-0.05, 0) is 31.4 Å². The zero-order valence-corrected chi connectivity index (χ0v) is 12.1. The van der Waals surface area contributed by atoms with Crippen molar-refractivity contribution < 1.29 is 9.59 Å². The SMILES string of the molecule is CC(=O)NC1CCN(C(=O)Nc2cccc(C3CC3)n2)C1. The van der Waals surface area contributed by atoms with Crippen LogP contribution in [0.3, 0.4) is 0 Å². The molecule has 21 heavy (non-hydrogen) atoms. The van der Waals surface area contributed by atoms with Crippen molar-refractivity contribution in [2.75, 3.05) is 18.4 Å². The maximum absolute atomic E-state index is 12.2. The topological polar surface area (TPSA) is 74.3 Å². The molecule has 1 saturated carbocycles. The number of anilines is 1. The first-order valence-electron chi connectivity index (χ1n) is 7.42. The molecule has 0 bridgehead atoms. The van der Waals surface area contributed by atoms with Crippen molar-refractivity contribution in [2.24, 2.45) is 0 Å². The lowest BCUT2D eigenvalue weighted by Gasteiger charge is -2.17. The van der Waals surface area contributed by atoms with Crippen LogP contribution in [0.25, 0.3) is 0 Å². The van der Waals surface area contributed by atoms with Crippen LogP contribution in [0.2, 0.25) is 0 Å². The Kier molecular flexibility index (Phi) is 3.77. The Bertz CT molecular complexity index is 556. The standard InChI is InChI=1S/C15H20N4O2/c1-10(20)16-12-7-8-19(9-12)15(21)18-14-4-2-3-13(17-14)11-5-6-11/h2-4,11-12H,5-9H2,1H3,(H,16,20)(H,17,18,21). The van der Waals surface area contributed by atoms with Gasteiger partial charge in [-0.1, -0.05) is 6.07 Å². The molecule has 6 heteroatoms. The van der Waals surface area contributed by atoms with E-state index in [2.05, 4.69) is 15.6 Å². The second kappa shape index (κ2) is 5.71. The molecule has 2 aliphatic rings. The average Bonchev–Trinajstić information content (AvgIpc) is 3.19. The van der Waals surface area contributed by atoms with Crippen LogP contribution in [-0.2, 0) is 4.79 Å². The normalized spacial score (nSPS) is 21.2. The molecule has 0 radical (unpaired) electrons. The van der Waals surface area contributed by atoms with Crippen LogP contribution >= 0.6 is 0 Å². The quantitative estimate of drug-likeness (QED) is 0.889. The van der Waals surface area contributed by atoms with Gasteiger partial charge in [0.15, 0.2) is 0 Å². The fraction of sp³-hybridized carbons (Fsp3) is 0.533. The molecular formula is C15H20N4O2. The summed E-state index contributed by atoms with van der Waals surface area (Å²) in [6.07, 6.45) is 3.17. The fourth-order valence-electron chi connectivity index (χ4n) is 2.67. The molecule has 0 spiro atoms. The zero-order chi connectivity index (χ0) is 14.8. The highest BCUT2D eigenvalue weighted by Crippen LogP contribution is 2.39. The van der Waals surface area contributed by atoms with Gasteiger partial charge in [-0.15, -0.1) is 0 Å². The molecule has 1 saturated heterocycles. The Balaban J connectivity index is 1.56. The van der Waals surface area contributed by atoms with Gasteiger partial charge >= 0.3 is 6.03 Å². The highest BCUT2D eigenvalue weighted by molar-refractivity contribution is 5.88. The summed E-state index contributed by atoms with van der Waals surface area (Å²) in [4.78, 5) is 29.4. The monoisotopic (exact) mass is 288 g/mol. The van der Waals surface area contributed by atoms with Crippen molar-refractivity contribution in [1.82, 2.24) is 15.2 Å². The molecule has 2 fully saturated rings. The molecule has 1 aliphatic carbocycles. The van der Waals surface area contributed by atoms with E-state index in [-0.39, 0.29) is 18.0 Å². The van der Waals surface area contributed by atoms with E-state index >= 15 is 0 Å². The maximum atomic E-state index is 12.2. The van der Waals surface area contributed by atoms with Crippen molar-refractivity contribution in [3.63, 3.8) is 0 Å². The van der Waals surface area contributed by atoms with E-state index < -0.39 is 0 Å². The van der Waals surface area contributed by atoms with Gasteiger partial charge in [0.05, 0.1) is 0 Å². The van der Waals surface area contributed by atoms with E-state index in [0.29, 0.717) is 24.8 Å². The predicted molar refractivity (Wildman–Crippen MR) is 79.0 cm³/mol. The van der Waals surface area contributed by atoms with Gasteiger partial charge in [-0.3, -0.25) is 10.1 Å². The molecule has 0 aromatic carbocycles. The molecule has 1 aromatic heterocycles. The molecule has 6 nitrogen and oxygen atoms in total. The number of aromatic nitrogens is 1. The Hall–Kier alpha value is -2.11. The van der Waals surface area contributed by atoms with E-state index in [1.807, 2.05) is 18.2 Å². The van der Waals surface area contributed by atoms with Crippen molar-refractivity contribution in [3.8, 4) is 0 Å². The summed E-state index contributed by atoms with van der Waals surface area (Å²) in [6.45, 7) is 2.70. The first kappa shape index (κ1) is 13.9. The number of amides is 3. The minimum atomic E-state index is -0.150. The first-order valence-corrected chi connectivity index (χ1v) is 7.42. The Morgan fingerprint density at radius 2 is 2.10 bits per heavy atom. The molecule has 1 aromatic rings. The lowest BCUT2D eigenvalue weighted by atomic mass is 10.2. The molecule has 3 amide bonds. The van der Waals surface area contributed by atoms with E-state index in [1.165, 1.54) is 19.8 Å². The Morgan fingerprint density at radius 1 is 1.29 bits per heavy atom. The number of nitrogens with zero attached hydrogens (tertiary/aromatic N) is 2. The predicted octanol–water partition coefficient (Wildman–Crippen LogP) is 1.70. The molecule has 3 rings (SSSR count). The summed E-state index contributed by atoms with van der Waals surface area (Å²) in [5.74, 6) is 1.12. The van der Waals surface area contributed by atoms with Crippen molar-refractivity contribution in [3.05, 3.63) is 23.9 Å². The number of nitrogens with one attached hydrogen (secondary N) is 2. The van der Waals surface area contributed by atoms with Crippen LogP contribution < -0.4 is 10.6 Å². The number of hydrogen-bond donors (Lipinski definition) is 2. The number of carbonyl (C=O) groups is 2. The van der Waals surface area contributed by atoms with Crippen LogP contribution in [0.4, 0.5) is 10.6 Å². The Labute approximate surface area is 123 Å². The summed E-state index contributed by atoms with van der Waals surface area (Å²) in [5, 5.41) is 5.69. The number of likely N-dealkylation sites (tertiary alicyclic amines) is 1. The number of carbonyl (C=O) groups excluding carboxylic acids is 2. The van der Waals surface area contributed by atoms with Gasteiger partial charge < -0.3 is 10.2 Å². The van der Waals surface area contributed by atoms with E-state index in [0.717, 1.165) is 12.1 Å². The number of hydrogen-bond acceptors (Lipinski definition) is 3. The van der Waals surface area contributed by atoms with Gasteiger partial charge in [-0.2, -0.15) is 0 Å². The van der Waals surface area contributed by atoms with E-state index in [4.69, 9.17) is 0 Å². The molecule has 112 valence electrons. The third kappa shape index (κ3) is 3.51. The van der Waals surface area contributed by atoms with Gasteiger partial charge in [0, 0.05) is 37.7 Å². The largest absolute Gasteiger partial charge is 0.352 e. The molecule has 2 N–H and O–H groups in total. The van der Waals surface area contributed by atoms with Gasteiger partial charge in [0.2, 0.25) is 5.91 Å². The molecular weight excluding hydrogens is 268 g/mol. The maximum Gasteiger partial charge on any atom is 0.323 e. The second-order valence-corrected chi connectivity index (χ2v) is 5.78. The van der Waals surface area contributed by atoms with Crippen LogP contribution in [-0.4, -0.2) is 41.0 Å². The number of pyridine rings is 1. The third-order valence-corrected chi connectivity index (χ3v) is 3.88. The first-order chi connectivity index (χ1) is 10.1. The number of urea groups is 1. The van der Waals surface area contributed by atoms with Crippen LogP contribution in [0.1, 0.15) is 37.8 Å². The minimum absolute atomic E-state index is 0.0546. The average molecular weight is 288 g/mol. The highest BCUT2D eigenvalue weighted by Gasteiger charge is 2.28. The Morgan fingerprint density at radius 3 is 2.81 bits per heavy atom. The van der Waals surface area contributed by atoms with Crippen LogP contribution in [0.15, 0.2) is 18.2 Å². The van der Waals surface area contributed by atoms with E-state index in [9.17, 15) is 9.59 Å². The molecule has 1 atom stereocenters. The lowest BCUT2D eigenvalue weighted by Crippen LogP contribution is -2.38. The van der Waals surface area contributed by atoms with Gasteiger partial charge in [-0.25, -0.2) is 9.78 Å². The fourth-order valence-corrected chi connectivity index (χ4v) is 2.67. The molecule has 1 unspecified atom stereocenters. The molecule has 1 aliphatic heterocycles. The summed E-state index contributed by atoms with van der Waals surface area (Å²) in [7, 11) is 0. The molecule has 2 heterocycles. The summed E-state index contributed by atoms with van der Waals surface area (Å²) < 4.78 is 0. The van der Waals surface area contributed by atoms with Gasteiger partial charge in [0.1, 0.15) is 5.82 Å². The van der Waals surface area contributed by atoms with Crippen molar-refractivity contribution in [2.45, 2.75) is 38.1 Å².